The van der Waals surface area contributed by atoms with E-state index in [1.54, 1.807) is 11.8 Å². The van der Waals surface area contributed by atoms with Crippen molar-refractivity contribution in [2.45, 2.75) is 12.5 Å². The number of thioether (sulfide) groups is 1. The van der Waals surface area contributed by atoms with Gasteiger partial charge in [0.25, 0.3) is 5.91 Å². The van der Waals surface area contributed by atoms with E-state index in [0.29, 0.717) is 17.7 Å². The Morgan fingerprint density at radius 3 is 2.89 bits per heavy atom. The fourth-order valence-electron chi connectivity index (χ4n) is 1.46. The van der Waals surface area contributed by atoms with E-state index in [1.807, 2.05) is 6.26 Å². The zero-order valence-electron chi connectivity index (χ0n) is 9.95. The number of carbonyl (C=O) groups excluding carboxylic acids is 1. The molecule has 2 N–H and O–H groups in total. The Bertz CT molecular complexity index is 411. The summed E-state index contributed by atoms with van der Waals surface area (Å²) in [6.45, 7) is 0.00960. The fraction of sp³-hybridized carbons (Fsp3) is 0.417. The predicted octanol–water partition coefficient (Wildman–Crippen LogP) is 2.32. The Labute approximate surface area is 115 Å². The third-order valence-corrected chi connectivity index (χ3v) is 3.39. The second kappa shape index (κ2) is 7.61. The summed E-state index contributed by atoms with van der Waals surface area (Å²) in [5.41, 5.74) is 0.311. The van der Waals surface area contributed by atoms with Gasteiger partial charge in [0.2, 0.25) is 0 Å². The van der Waals surface area contributed by atoms with Gasteiger partial charge in [-0.05, 0) is 30.9 Å². The SMILES string of the molecule is CSCC(CCO)NC(=O)c1ccc(F)c(Cl)c1. The molecule has 0 aliphatic rings. The molecule has 0 heterocycles. The normalized spacial score (nSPS) is 12.2. The number of hydrogen-bond donors (Lipinski definition) is 2. The third-order valence-electron chi connectivity index (χ3n) is 2.36. The molecule has 3 nitrogen and oxygen atoms in total. The van der Waals surface area contributed by atoms with E-state index in [1.165, 1.54) is 12.1 Å². The van der Waals surface area contributed by atoms with Gasteiger partial charge in [-0.15, -0.1) is 0 Å². The minimum Gasteiger partial charge on any atom is -0.396 e. The molecule has 100 valence electrons. The molecule has 1 unspecified atom stereocenters. The van der Waals surface area contributed by atoms with E-state index in [2.05, 4.69) is 5.32 Å². The zero-order chi connectivity index (χ0) is 13.5. The van der Waals surface area contributed by atoms with E-state index in [0.717, 1.165) is 6.07 Å². The first-order chi connectivity index (χ1) is 8.58. The van der Waals surface area contributed by atoms with Crippen molar-refractivity contribution in [3.8, 4) is 0 Å². The van der Waals surface area contributed by atoms with Crippen LogP contribution in [0.1, 0.15) is 16.8 Å². The van der Waals surface area contributed by atoms with Crippen LogP contribution in [0.25, 0.3) is 0 Å². The van der Waals surface area contributed by atoms with E-state index in [9.17, 15) is 9.18 Å². The molecule has 0 aliphatic carbocycles. The van der Waals surface area contributed by atoms with Crippen molar-refractivity contribution in [2.75, 3.05) is 18.6 Å². The Balaban J connectivity index is 2.70. The molecule has 0 aliphatic heterocycles. The van der Waals surface area contributed by atoms with Crippen molar-refractivity contribution in [3.05, 3.63) is 34.6 Å². The number of halogens is 2. The molecule has 0 saturated heterocycles. The molecule has 0 radical (unpaired) electrons. The number of aliphatic hydroxyl groups excluding tert-OH is 1. The van der Waals surface area contributed by atoms with Crippen molar-refractivity contribution in [2.24, 2.45) is 0 Å². The van der Waals surface area contributed by atoms with Crippen LogP contribution in [0.3, 0.4) is 0 Å². The minimum atomic E-state index is -0.552. The standard InChI is InChI=1S/C12H15ClFNO2S/c1-18-7-9(4-5-16)15-12(17)8-2-3-11(14)10(13)6-8/h2-3,6,9,16H,4-5,7H2,1H3,(H,15,17). The molecule has 0 spiro atoms. The summed E-state index contributed by atoms with van der Waals surface area (Å²) in [6.07, 6.45) is 2.41. The molecule has 1 aromatic carbocycles. The number of aliphatic hydroxyl groups is 1. The van der Waals surface area contributed by atoms with Crippen LogP contribution in [-0.4, -0.2) is 35.7 Å². The Morgan fingerprint density at radius 2 is 2.33 bits per heavy atom. The smallest absolute Gasteiger partial charge is 0.251 e. The first kappa shape index (κ1) is 15.3. The highest BCUT2D eigenvalue weighted by molar-refractivity contribution is 7.98. The predicted molar refractivity (Wildman–Crippen MR) is 72.7 cm³/mol. The van der Waals surface area contributed by atoms with Crippen LogP contribution in [0.2, 0.25) is 5.02 Å². The summed E-state index contributed by atoms with van der Waals surface area (Å²) < 4.78 is 13.0. The number of benzene rings is 1. The molecule has 0 bridgehead atoms. The van der Waals surface area contributed by atoms with Gasteiger partial charge in [-0.1, -0.05) is 11.6 Å². The first-order valence-electron chi connectivity index (χ1n) is 5.44. The molecule has 18 heavy (non-hydrogen) atoms. The lowest BCUT2D eigenvalue weighted by atomic mass is 10.2. The van der Waals surface area contributed by atoms with Crippen LogP contribution in [0.15, 0.2) is 18.2 Å². The summed E-state index contributed by atoms with van der Waals surface area (Å²) >= 11 is 7.20. The highest BCUT2D eigenvalue weighted by Gasteiger charge is 2.14. The highest BCUT2D eigenvalue weighted by atomic mass is 35.5. The number of carbonyl (C=O) groups is 1. The average molecular weight is 292 g/mol. The summed E-state index contributed by atoms with van der Waals surface area (Å²) in [5.74, 6) is -0.157. The van der Waals surface area contributed by atoms with Crippen molar-refractivity contribution >= 4 is 29.3 Å². The minimum absolute atomic E-state index is 0.00960. The van der Waals surface area contributed by atoms with Gasteiger partial charge in [0, 0.05) is 24.0 Å². The van der Waals surface area contributed by atoms with Gasteiger partial charge >= 0.3 is 0 Å². The average Bonchev–Trinajstić information content (AvgIpc) is 2.33. The van der Waals surface area contributed by atoms with Crippen molar-refractivity contribution in [1.29, 1.82) is 0 Å². The number of nitrogens with one attached hydrogen (secondary N) is 1. The van der Waals surface area contributed by atoms with Crippen LogP contribution in [0, 0.1) is 5.82 Å². The molecular weight excluding hydrogens is 277 g/mol. The highest BCUT2D eigenvalue weighted by Crippen LogP contribution is 2.16. The van der Waals surface area contributed by atoms with Crippen LogP contribution in [-0.2, 0) is 0 Å². The number of rotatable bonds is 6. The Hall–Kier alpha value is -0.780. The maximum Gasteiger partial charge on any atom is 0.251 e. The van der Waals surface area contributed by atoms with Crippen molar-refractivity contribution < 1.29 is 14.3 Å². The second-order valence-corrected chi connectivity index (χ2v) is 5.08. The largest absolute Gasteiger partial charge is 0.396 e. The molecule has 0 saturated carbocycles. The topological polar surface area (TPSA) is 49.3 Å². The van der Waals surface area contributed by atoms with Gasteiger partial charge in [-0.25, -0.2) is 4.39 Å². The van der Waals surface area contributed by atoms with E-state index < -0.39 is 5.82 Å². The van der Waals surface area contributed by atoms with Crippen LogP contribution in [0.4, 0.5) is 4.39 Å². The van der Waals surface area contributed by atoms with Crippen LogP contribution in [0.5, 0.6) is 0 Å². The van der Waals surface area contributed by atoms with E-state index in [4.69, 9.17) is 16.7 Å². The molecular formula is C12H15ClFNO2S. The first-order valence-corrected chi connectivity index (χ1v) is 7.21. The van der Waals surface area contributed by atoms with Gasteiger partial charge in [0.15, 0.2) is 0 Å². The van der Waals surface area contributed by atoms with Gasteiger partial charge < -0.3 is 10.4 Å². The lowest BCUT2D eigenvalue weighted by Gasteiger charge is -2.16. The summed E-state index contributed by atoms with van der Waals surface area (Å²) in [4.78, 5) is 11.9. The summed E-state index contributed by atoms with van der Waals surface area (Å²) in [7, 11) is 0. The zero-order valence-corrected chi connectivity index (χ0v) is 11.5. The molecule has 1 atom stereocenters. The Kier molecular flexibility index (Phi) is 6.46. The third kappa shape index (κ3) is 4.48. The lowest BCUT2D eigenvalue weighted by molar-refractivity contribution is 0.0935. The molecule has 1 rings (SSSR count). The fourth-order valence-corrected chi connectivity index (χ4v) is 2.29. The maximum atomic E-state index is 13.0. The van der Waals surface area contributed by atoms with Crippen LogP contribution >= 0.6 is 23.4 Å². The molecule has 0 fully saturated rings. The van der Waals surface area contributed by atoms with Crippen molar-refractivity contribution in [1.82, 2.24) is 5.32 Å². The monoisotopic (exact) mass is 291 g/mol. The quantitative estimate of drug-likeness (QED) is 0.846. The molecule has 1 amide bonds. The molecule has 1 aromatic rings. The Morgan fingerprint density at radius 1 is 1.61 bits per heavy atom. The van der Waals surface area contributed by atoms with Gasteiger partial charge in [0.05, 0.1) is 5.02 Å². The summed E-state index contributed by atoms with van der Waals surface area (Å²) in [6, 6.07) is 3.72. The summed E-state index contributed by atoms with van der Waals surface area (Å²) in [5, 5.41) is 11.6. The van der Waals surface area contributed by atoms with E-state index >= 15 is 0 Å². The maximum absolute atomic E-state index is 13.0. The number of hydrogen-bond acceptors (Lipinski definition) is 3. The van der Waals surface area contributed by atoms with Gasteiger partial charge in [-0.3, -0.25) is 4.79 Å². The van der Waals surface area contributed by atoms with Crippen LogP contribution < -0.4 is 5.32 Å². The van der Waals surface area contributed by atoms with Gasteiger partial charge in [-0.2, -0.15) is 11.8 Å². The van der Waals surface area contributed by atoms with Crippen molar-refractivity contribution in [3.63, 3.8) is 0 Å². The molecule has 0 aromatic heterocycles. The van der Waals surface area contributed by atoms with E-state index in [-0.39, 0.29) is 23.6 Å². The lowest BCUT2D eigenvalue weighted by Crippen LogP contribution is -2.37. The van der Waals surface area contributed by atoms with Gasteiger partial charge in [0.1, 0.15) is 5.82 Å². The molecule has 6 heteroatoms. The number of amides is 1. The second-order valence-electron chi connectivity index (χ2n) is 3.77.